The van der Waals surface area contributed by atoms with Gasteiger partial charge < -0.3 is 4.43 Å². The Morgan fingerprint density at radius 3 is 1.82 bits per heavy atom. The molecule has 5 unspecified atom stereocenters. The molecule has 0 saturated heterocycles. The first-order valence-corrected chi connectivity index (χ1v) is 19.9. The van der Waals surface area contributed by atoms with Gasteiger partial charge in [0.2, 0.25) is 0 Å². The summed E-state index contributed by atoms with van der Waals surface area (Å²) < 4.78 is 7.60. The van der Waals surface area contributed by atoms with Gasteiger partial charge in [0.15, 0.2) is 0 Å². The third-order valence-electron chi connectivity index (χ3n) is 11.1. The van der Waals surface area contributed by atoms with Gasteiger partial charge in [-0.1, -0.05) is 118 Å². The van der Waals surface area contributed by atoms with Crippen LogP contribution in [0.4, 0.5) is 0 Å². The summed E-state index contributed by atoms with van der Waals surface area (Å²) in [6.45, 7) is 20.0. The molecule has 0 aromatic heterocycles. The molecule has 1 aromatic carbocycles. The molecule has 216 valence electrons. The highest BCUT2D eigenvalue weighted by atomic mass is 31.1. The predicted octanol–water partition coefficient (Wildman–Crippen LogP) is 11.3. The number of hydrogen-bond donors (Lipinski definition) is 0. The van der Waals surface area contributed by atoms with Crippen molar-refractivity contribution in [2.75, 3.05) is 0 Å². The van der Waals surface area contributed by atoms with Gasteiger partial charge in [-0.25, -0.2) is 0 Å². The Morgan fingerprint density at radius 1 is 0.744 bits per heavy atom. The van der Waals surface area contributed by atoms with Gasteiger partial charge in [-0.3, -0.25) is 0 Å². The van der Waals surface area contributed by atoms with E-state index in [2.05, 4.69) is 91.8 Å². The molecule has 1 aromatic rings. The standard InChI is InChI=1S/C36H57OPSi/c1-26(2)39(27(3)4,28(5)6)37-33-18-11-12-19-34(33)38(36(8)24-31-16-13-17-32(21-31)25-36)35(7)22-29-14-9-10-15-30(20-29)23-35/h11-12,18-19,22,24,26-28,30,32H,9-10,13-17,20-21,23,25H2,1-8H3. The van der Waals surface area contributed by atoms with E-state index in [0.29, 0.717) is 16.6 Å². The molecule has 0 N–H and O–H groups in total. The first kappa shape index (κ1) is 29.6. The molecular weight excluding hydrogens is 507 g/mol. The highest BCUT2D eigenvalue weighted by Crippen LogP contribution is 2.69. The molecule has 1 nitrogen and oxygen atoms in total. The van der Waals surface area contributed by atoms with E-state index in [9.17, 15) is 0 Å². The number of para-hydroxylation sites is 1. The van der Waals surface area contributed by atoms with E-state index >= 15 is 0 Å². The summed E-state index contributed by atoms with van der Waals surface area (Å²) in [4.78, 5) is 0. The minimum Gasteiger partial charge on any atom is -0.542 e. The highest BCUT2D eigenvalue weighted by Gasteiger charge is 2.52. The molecule has 0 heterocycles. The zero-order chi connectivity index (χ0) is 28.0. The molecule has 0 spiro atoms. The zero-order valence-corrected chi connectivity index (χ0v) is 28.4. The van der Waals surface area contributed by atoms with Gasteiger partial charge in [-0.15, -0.1) is 0 Å². The van der Waals surface area contributed by atoms with Crippen LogP contribution >= 0.6 is 7.92 Å². The van der Waals surface area contributed by atoms with Crippen molar-refractivity contribution in [3.63, 3.8) is 0 Å². The molecule has 0 aliphatic heterocycles. The van der Waals surface area contributed by atoms with E-state index < -0.39 is 16.2 Å². The van der Waals surface area contributed by atoms with E-state index in [1.165, 1.54) is 76.4 Å². The lowest BCUT2D eigenvalue weighted by atomic mass is 9.74. The number of rotatable bonds is 8. The molecule has 0 amide bonds. The Labute approximate surface area is 243 Å². The monoisotopic (exact) mass is 564 g/mol. The van der Waals surface area contributed by atoms with Gasteiger partial charge >= 0.3 is 0 Å². The lowest BCUT2D eigenvalue weighted by Gasteiger charge is -2.53. The van der Waals surface area contributed by atoms with Crippen LogP contribution in [0.3, 0.4) is 0 Å². The van der Waals surface area contributed by atoms with Gasteiger partial charge in [-0.05, 0) is 92.3 Å². The summed E-state index contributed by atoms with van der Waals surface area (Å²) in [5.74, 6) is 2.99. The maximum absolute atomic E-state index is 7.60. The van der Waals surface area contributed by atoms with Crippen molar-refractivity contribution in [3.8, 4) is 5.75 Å². The Bertz CT molecular complexity index is 1060. The molecule has 5 atom stereocenters. The van der Waals surface area contributed by atoms with Crippen LogP contribution in [-0.2, 0) is 0 Å². The third-order valence-corrected chi connectivity index (χ3v) is 20.6. The Hall–Kier alpha value is -0.853. The van der Waals surface area contributed by atoms with Gasteiger partial charge in [-0.2, -0.15) is 0 Å². The second-order valence-electron chi connectivity index (χ2n) is 15.2. The second-order valence-corrected chi connectivity index (χ2v) is 23.8. The molecule has 2 fully saturated rings. The predicted molar refractivity (Wildman–Crippen MR) is 175 cm³/mol. The third kappa shape index (κ3) is 5.65. The second kappa shape index (κ2) is 11.4. The molecule has 5 rings (SSSR count). The van der Waals surface area contributed by atoms with Crippen LogP contribution in [0.5, 0.6) is 5.75 Å². The van der Waals surface area contributed by atoms with Crippen molar-refractivity contribution in [1.82, 2.24) is 0 Å². The van der Waals surface area contributed by atoms with E-state index in [-0.39, 0.29) is 10.3 Å². The van der Waals surface area contributed by atoms with Gasteiger partial charge in [0.25, 0.3) is 8.32 Å². The van der Waals surface area contributed by atoms with Gasteiger partial charge in [0, 0.05) is 15.6 Å². The van der Waals surface area contributed by atoms with Gasteiger partial charge in [0.1, 0.15) is 5.75 Å². The van der Waals surface area contributed by atoms with Crippen molar-refractivity contribution in [1.29, 1.82) is 0 Å². The summed E-state index contributed by atoms with van der Waals surface area (Å²) in [6.07, 6.45) is 20.8. The summed E-state index contributed by atoms with van der Waals surface area (Å²) >= 11 is 0. The zero-order valence-electron chi connectivity index (χ0n) is 26.5. The number of fused-ring (bicyclic) bond motifs is 4. The molecule has 4 bridgehead atoms. The van der Waals surface area contributed by atoms with Crippen LogP contribution in [0.15, 0.2) is 47.6 Å². The Kier molecular flexibility index (Phi) is 8.69. The van der Waals surface area contributed by atoms with Crippen LogP contribution in [0, 0.1) is 11.8 Å². The van der Waals surface area contributed by atoms with Gasteiger partial charge in [0.05, 0.1) is 0 Å². The summed E-state index contributed by atoms with van der Waals surface area (Å²) in [5.41, 5.74) is 5.29. The van der Waals surface area contributed by atoms with E-state index in [0.717, 1.165) is 11.8 Å². The topological polar surface area (TPSA) is 9.23 Å². The van der Waals surface area contributed by atoms with Crippen molar-refractivity contribution in [2.24, 2.45) is 11.8 Å². The minimum atomic E-state index is -2.07. The Balaban J connectivity index is 1.68. The molecule has 4 aliphatic carbocycles. The first-order valence-electron chi connectivity index (χ1n) is 16.5. The average molecular weight is 565 g/mol. The summed E-state index contributed by atoms with van der Waals surface area (Å²) in [5, 5.41) is 2.04. The Morgan fingerprint density at radius 2 is 1.26 bits per heavy atom. The van der Waals surface area contributed by atoms with Crippen LogP contribution in [-0.4, -0.2) is 18.6 Å². The molecule has 4 aliphatic rings. The molecule has 0 radical (unpaired) electrons. The van der Waals surface area contributed by atoms with Crippen LogP contribution in [0.25, 0.3) is 0 Å². The molecule has 39 heavy (non-hydrogen) atoms. The SMILES string of the molecule is CC(C)[Si](Oc1ccccc1P(C1(C)C=C2CCCCC(C2)C1)C1(C)C=C2CCCC(C2)C1)(C(C)C)C(C)C. The van der Waals surface area contributed by atoms with Crippen molar-refractivity contribution in [3.05, 3.63) is 47.6 Å². The number of benzene rings is 1. The van der Waals surface area contributed by atoms with Crippen LogP contribution < -0.4 is 9.73 Å². The van der Waals surface area contributed by atoms with E-state index in [1.54, 1.807) is 16.5 Å². The maximum atomic E-state index is 7.60. The smallest absolute Gasteiger partial charge is 0.258 e. The van der Waals surface area contributed by atoms with Crippen LogP contribution in [0.1, 0.15) is 126 Å². The highest BCUT2D eigenvalue weighted by molar-refractivity contribution is 7.69. The quantitative estimate of drug-likeness (QED) is 0.173. The van der Waals surface area contributed by atoms with Crippen molar-refractivity contribution in [2.45, 2.75) is 153 Å². The minimum absolute atomic E-state index is 0.229. The number of hydrogen-bond acceptors (Lipinski definition) is 1. The summed E-state index contributed by atoms with van der Waals surface area (Å²) in [7, 11) is -2.57. The average Bonchev–Trinajstić information content (AvgIpc) is 3.02. The fourth-order valence-corrected chi connectivity index (χ4v) is 19.7. The van der Waals surface area contributed by atoms with E-state index in [1.807, 2.05) is 0 Å². The lowest BCUT2D eigenvalue weighted by molar-refractivity contribution is 0.343. The number of allylic oxidation sites excluding steroid dienone is 4. The first-order chi connectivity index (χ1) is 18.5. The lowest BCUT2D eigenvalue weighted by Crippen LogP contribution is -2.52. The largest absolute Gasteiger partial charge is 0.542 e. The van der Waals surface area contributed by atoms with Crippen LogP contribution in [0.2, 0.25) is 16.6 Å². The van der Waals surface area contributed by atoms with Crippen molar-refractivity contribution < 1.29 is 4.43 Å². The molecule has 3 heteroatoms. The maximum Gasteiger partial charge on any atom is 0.258 e. The molecule has 2 saturated carbocycles. The molecular formula is C36H57OPSi. The normalized spacial score (nSPS) is 32.1. The summed E-state index contributed by atoms with van der Waals surface area (Å²) in [6, 6.07) is 9.46. The van der Waals surface area contributed by atoms with Crippen molar-refractivity contribution >= 4 is 21.5 Å². The van der Waals surface area contributed by atoms with E-state index in [4.69, 9.17) is 4.43 Å². The fraction of sp³-hybridized carbons (Fsp3) is 0.722. The fourth-order valence-electron chi connectivity index (χ4n) is 10.0.